The summed E-state index contributed by atoms with van der Waals surface area (Å²) >= 11 is 1.36. The zero-order valence-corrected chi connectivity index (χ0v) is 15.0. The number of carbonyl (C=O) groups is 2. The summed E-state index contributed by atoms with van der Waals surface area (Å²) in [5.74, 6) is -0.411. The first kappa shape index (κ1) is 18.3. The first-order chi connectivity index (χ1) is 12.6. The molecular formula is C18H20N2O5S. The monoisotopic (exact) mass is 376 g/mol. The van der Waals surface area contributed by atoms with E-state index in [4.69, 9.17) is 14.6 Å². The summed E-state index contributed by atoms with van der Waals surface area (Å²) in [4.78, 5) is 27.6. The molecule has 1 fully saturated rings. The number of nitrogens with zero attached hydrogens (tertiary/aromatic N) is 1. The van der Waals surface area contributed by atoms with Crippen molar-refractivity contribution in [2.75, 3.05) is 18.5 Å². The Kier molecular flexibility index (Phi) is 6.19. The average molecular weight is 376 g/mol. The third-order valence-electron chi connectivity index (χ3n) is 3.87. The summed E-state index contributed by atoms with van der Waals surface area (Å²) in [6.45, 7) is 1.08. The fourth-order valence-electron chi connectivity index (χ4n) is 2.55. The fraction of sp³-hybridized carbons (Fsp3) is 0.389. The lowest BCUT2D eigenvalue weighted by molar-refractivity contribution is -0.137. The van der Waals surface area contributed by atoms with Crippen molar-refractivity contribution in [2.24, 2.45) is 0 Å². The molecule has 1 atom stereocenters. The molecule has 2 aromatic rings. The number of nitrogens with one attached hydrogen (secondary N) is 1. The minimum Gasteiger partial charge on any atom is -0.494 e. The molecule has 0 aliphatic carbocycles. The zero-order chi connectivity index (χ0) is 18.4. The highest BCUT2D eigenvalue weighted by Crippen LogP contribution is 2.31. The van der Waals surface area contributed by atoms with Crippen LogP contribution in [0.3, 0.4) is 0 Å². The number of rotatable bonds is 8. The summed E-state index contributed by atoms with van der Waals surface area (Å²) in [7, 11) is 0. The van der Waals surface area contributed by atoms with Crippen LogP contribution < -0.4 is 10.1 Å². The minimum atomic E-state index is -0.836. The molecule has 8 heteroatoms. The molecule has 7 nitrogen and oxygen atoms in total. The molecule has 1 saturated heterocycles. The molecule has 1 unspecified atom stereocenters. The number of aliphatic carboxylic acids is 1. The number of hydrogen-bond acceptors (Lipinski definition) is 6. The number of carboxylic acid groups (broad SMARTS) is 1. The number of thiazole rings is 1. The second-order valence-electron chi connectivity index (χ2n) is 5.89. The van der Waals surface area contributed by atoms with E-state index in [1.807, 2.05) is 0 Å². The van der Waals surface area contributed by atoms with Crippen LogP contribution in [-0.2, 0) is 9.53 Å². The maximum absolute atomic E-state index is 12.3. The van der Waals surface area contributed by atoms with E-state index in [1.165, 1.54) is 11.3 Å². The van der Waals surface area contributed by atoms with E-state index in [0.29, 0.717) is 29.3 Å². The quantitative estimate of drug-likeness (QED) is 0.685. The van der Waals surface area contributed by atoms with Crippen molar-refractivity contribution in [3.63, 3.8) is 0 Å². The van der Waals surface area contributed by atoms with Crippen molar-refractivity contribution in [2.45, 2.75) is 31.8 Å². The summed E-state index contributed by atoms with van der Waals surface area (Å²) in [6, 6.07) is 6.96. The molecule has 26 heavy (non-hydrogen) atoms. The van der Waals surface area contributed by atoms with Gasteiger partial charge in [0.15, 0.2) is 0 Å². The highest BCUT2D eigenvalue weighted by Gasteiger charge is 2.22. The Hall–Kier alpha value is -2.45. The molecule has 138 valence electrons. The highest BCUT2D eigenvalue weighted by atomic mass is 32.1. The number of benzene rings is 1. The molecule has 0 spiro atoms. The molecule has 3 rings (SSSR count). The maximum atomic E-state index is 12.3. The van der Waals surface area contributed by atoms with Crippen LogP contribution in [0.2, 0.25) is 0 Å². The molecule has 0 saturated carbocycles. The van der Waals surface area contributed by atoms with Gasteiger partial charge in [0.05, 0.1) is 12.8 Å². The van der Waals surface area contributed by atoms with Gasteiger partial charge in [-0.2, -0.15) is 0 Å². The largest absolute Gasteiger partial charge is 0.494 e. The van der Waals surface area contributed by atoms with Crippen molar-refractivity contribution in [1.29, 1.82) is 0 Å². The molecule has 2 heterocycles. The van der Waals surface area contributed by atoms with Crippen molar-refractivity contribution in [1.82, 2.24) is 4.98 Å². The molecule has 0 bridgehead atoms. The lowest BCUT2D eigenvalue weighted by Gasteiger charge is -2.07. The van der Waals surface area contributed by atoms with Gasteiger partial charge >= 0.3 is 5.97 Å². The summed E-state index contributed by atoms with van der Waals surface area (Å²) < 4.78 is 11.1. The van der Waals surface area contributed by atoms with Gasteiger partial charge in [0.25, 0.3) is 5.91 Å². The minimum absolute atomic E-state index is 0.0131. The van der Waals surface area contributed by atoms with E-state index in [-0.39, 0.29) is 18.4 Å². The van der Waals surface area contributed by atoms with Crippen LogP contribution in [0.1, 0.15) is 46.5 Å². The molecule has 1 aromatic heterocycles. The Morgan fingerprint density at radius 2 is 2.15 bits per heavy atom. The van der Waals surface area contributed by atoms with Crippen LogP contribution in [0.4, 0.5) is 5.69 Å². The van der Waals surface area contributed by atoms with E-state index in [2.05, 4.69) is 10.3 Å². The van der Waals surface area contributed by atoms with Gasteiger partial charge in [-0.15, -0.1) is 11.3 Å². The van der Waals surface area contributed by atoms with E-state index in [9.17, 15) is 9.59 Å². The van der Waals surface area contributed by atoms with E-state index in [1.54, 1.807) is 30.5 Å². The van der Waals surface area contributed by atoms with Crippen LogP contribution >= 0.6 is 11.3 Å². The number of amides is 1. The Bertz CT molecular complexity index is 753. The summed E-state index contributed by atoms with van der Waals surface area (Å²) in [5, 5.41) is 12.3. The van der Waals surface area contributed by atoms with Crippen LogP contribution in [0.25, 0.3) is 0 Å². The molecule has 1 aliphatic heterocycles. The lowest BCUT2D eigenvalue weighted by atomic mass is 10.2. The van der Waals surface area contributed by atoms with Crippen LogP contribution in [0.15, 0.2) is 30.5 Å². The van der Waals surface area contributed by atoms with Crippen molar-refractivity contribution in [3.8, 4) is 5.75 Å². The second kappa shape index (κ2) is 8.77. The molecule has 0 radical (unpaired) electrons. The third kappa shape index (κ3) is 5.03. The highest BCUT2D eigenvalue weighted by molar-refractivity contribution is 7.13. The van der Waals surface area contributed by atoms with Crippen LogP contribution in [0, 0.1) is 0 Å². The third-order valence-corrected chi connectivity index (χ3v) is 4.96. The van der Waals surface area contributed by atoms with Gasteiger partial charge in [-0.25, -0.2) is 4.98 Å². The van der Waals surface area contributed by atoms with E-state index < -0.39 is 5.97 Å². The molecule has 1 amide bonds. The Morgan fingerprint density at radius 1 is 1.35 bits per heavy atom. The van der Waals surface area contributed by atoms with Crippen molar-refractivity contribution >= 4 is 28.9 Å². The van der Waals surface area contributed by atoms with Gasteiger partial charge in [-0.3, -0.25) is 9.59 Å². The van der Waals surface area contributed by atoms with Gasteiger partial charge in [-0.1, -0.05) is 0 Å². The number of hydrogen-bond donors (Lipinski definition) is 2. The molecule has 2 N–H and O–H groups in total. The smallest absolute Gasteiger partial charge is 0.303 e. The van der Waals surface area contributed by atoms with Crippen molar-refractivity contribution < 1.29 is 24.2 Å². The Labute approximate surface area is 155 Å². The Balaban J connectivity index is 1.50. The number of carbonyl (C=O) groups excluding carboxylic acids is 1. The second-order valence-corrected chi connectivity index (χ2v) is 6.95. The first-order valence-corrected chi connectivity index (χ1v) is 9.27. The first-order valence-electron chi connectivity index (χ1n) is 8.45. The molecule has 1 aliphatic rings. The standard InChI is InChI=1S/C18H20N2O5S/c21-16(22)4-2-9-24-13-7-5-12(6-8-13)20-17(23)15-11-19-18(26-15)14-3-1-10-25-14/h5-8,11,14H,1-4,9-10H2,(H,20,23)(H,21,22). The van der Waals surface area contributed by atoms with E-state index in [0.717, 1.165) is 24.5 Å². The predicted octanol–water partition coefficient (Wildman–Crippen LogP) is 3.49. The Morgan fingerprint density at radius 3 is 2.85 bits per heavy atom. The van der Waals surface area contributed by atoms with Crippen LogP contribution in [-0.4, -0.2) is 35.2 Å². The SMILES string of the molecule is O=C(O)CCCOc1ccc(NC(=O)c2cnc(C3CCCO3)s2)cc1. The maximum Gasteiger partial charge on any atom is 0.303 e. The van der Waals surface area contributed by atoms with Gasteiger partial charge < -0.3 is 19.9 Å². The summed E-state index contributed by atoms with van der Waals surface area (Å²) in [6.07, 6.45) is 4.10. The van der Waals surface area contributed by atoms with E-state index >= 15 is 0 Å². The van der Waals surface area contributed by atoms with Gasteiger partial charge in [-0.05, 0) is 43.5 Å². The molecule has 1 aromatic carbocycles. The number of aromatic nitrogens is 1. The number of carboxylic acids is 1. The zero-order valence-electron chi connectivity index (χ0n) is 14.1. The summed E-state index contributed by atoms with van der Waals surface area (Å²) in [5.41, 5.74) is 0.653. The average Bonchev–Trinajstić information content (AvgIpc) is 3.31. The number of ether oxygens (including phenoxy) is 2. The normalized spacial score (nSPS) is 16.4. The molecular weight excluding hydrogens is 356 g/mol. The van der Waals surface area contributed by atoms with Gasteiger partial charge in [0.1, 0.15) is 21.7 Å². The van der Waals surface area contributed by atoms with Gasteiger partial charge in [0.2, 0.25) is 0 Å². The topological polar surface area (TPSA) is 97.8 Å². The predicted molar refractivity (Wildman–Crippen MR) is 96.8 cm³/mol. The van der Waals surface area contributed by atoms with Gasteiger partial charge in [0, 0.05) is 18.7 Å². The number of anilines is 1. The lowest BCUT2D eigenvalue weighted by Crippen LogP contribution is -2.10. The van der Waals surface area contributed by atoms with Crippen LogP contribution in [0.5, 0.6) is 5.75 Å². The fourth-order valence-corrected chi connectivity index (χ4v) is 3.45. The van der Waals surface area contributed by atoms with Crippen molar-refractivity contribution in [3.05, 3.63) is 40.3 Å².